The van der Waals surface area contributed by atoms with Gasteiger partial charge in [-0.3, -0.25) is 14.0 Å². The standard InChI is InChI=1S/C27H30N6O2/c34-25-14-22(31-24-8-4-5-13-33(24)25)26(35)28-16-21-18-32-17-20(9-10-23(32)30-21)27(11-12-27)29-15-19-6-2-1-3-7-19/h4-5,8-10,13-14,17-19,29H,1-3,6-7,11-12,15-16H2,(H,28,35). The Kier molecular flexibility index (Phi) is 5.60. The first-order valence-corrected chi connectivity index (χ1v) is 12.6. The van der Waals surface area contributed by atoms with Crippen LogP contribution in [0.5, 0.6) is 0 Å². The molecule has 8 nitrogen and oxygen atoms in total. The van der Waals surface area contributed by atoms with Gasteiger partial charge in [0.15, 0.2) is 0 Å². The molecule has 0 atom stereocenters. The summed E-state index contributed by atoms with van der Waals surface area (Å²) >= 11 is 0. The molecule has 2 saturated carbocycles. The third kappa shape index (κ3) is 4.46. The minimum Gasteiger partial charge on any atom is -0.345 e. The highest BCUT2D eigenvalue weighted by molar-refractivity contribution is 5.92. The van der Waals surface area contributed by atoms with E-state index in [4.69, 9.17) is 0 Å². The van der Waals surface area contributed by atoms with Crippen molar-refractivity contribution >= 4 is 17.2 Å². The van der Waals surface area contributed by atoms with E-state index in [-0.39, 0.29) is 23.3 Å². The number of pyridine rings is 2. The van der Waals surface area contributed by atoms with Gasteiger partial charge in [-0.1, -0.05) is 31.4 Å². The summed E-state index contributed by atoms with van der Waals surface area (Å²) in [6, 6.07) is 10.7. The number of hydrogen-bond acceptors (Lipinski definition) is 5. The predicted octanol–water partition coefficient (Wildman–Crippen LogP) is 3.43. The van der Waals surface area contributed by atoms with Crippen LogP contribution in [0.2, 0.25) is 0 Å². The van der Waals surface area contributed by atoms with E-state index in [1.807, 2.05) is 10.6 Å². The van der Waals surface area contributed by atoms with Crippen LogP contribution in [0.15, 0.2) is 59.8 Å². The molecule has 0 unspecified atom stereocenters. The van der Waals surface area contributed by atoms with Crippen LogP contribution in [0.3, 0.4) is 0 Å². The van der Waals surface area contributed by atoms with Crippen molar-refractivity contribution in [1.29, 1.82) is 0 Å². The Morgan fingerprint density at radius 1 is 1.03 bits per heavy atom. The highest BCUT2D eigenvalue weighted by atomic mass is 16.2. The third-order valence-electron chi connectivity index (χ3n) is 7.49. The molecular weight excluding hydrogens is 440 g/mol. The molecule has 1 amide bonds. The van der Waals surface area contributed by atoms with Crippen LogP contribution in [0.1, 0.15) is 66.7 Å². The second-order valence-electron chi connectivity index (χ2n) is 9.97. The topological polar surface area (TPSA) is 92.8 Å². The Morgan fingerprint density at radius 3 is 2.71 bits per heavy atom. The van der Waals surface area contributed by atoms with Crippen molar-refractivity contribution in [2.45, 2.75) is 57.0 Å². The second kappa shape index (κ2) is 8.92. The lowest BCUT2D eigenvalue weighted by molar-refractivity contribution is 0.0945. The van der Waals surface area contributed by atoms with Gasteiger partial charge in [-0.2, -0.15) is 0 Å². The summed E-state index contributed by atoms with van der Waals surface area (Å²) in [5, 5.41) is 6.72. The van der Waals surface area contributed by atoms with E-state index in [0.717, 1.165) is 23.8 Å². The minimum atomic E-state index is -0.393. The van der Waals surface area contributed by atoms with Crippen LogP contribution >= 0.6 is 0 Å². The molecule has 4 aromatic heterocycles. The molecule has 180 valence electrons. The largest absolute Gasteiger partial charge is 0.345 e. The third-order valence-corrected chi connectivity index (χ3v) is 7.49. The van der Waals surface area contributed by atoms with Gasteiger partial charge in [0.2, 0.25) is 0 Å². The van der Waals surface area contributed by atoms with Crippen LogP contribution in [-0.4, -0.2) is 31.2 Å². The smallest absolute Gasteiger partial charge is 0.270 e. The summed E-state index contributed by atoms with van der Waals surface area (Å²) in [4.78, 5) is 33.9. The SMILES string of the molecule is O=C(NCc1cn2cc(C3(NCC4CCCCC4)CC3)ccc2n1)c1cc(=O)n2ccccc2n1. The Bertz CT molecular complexity index is 1450. The van der Waals surface area contributed by atoms with Crippen molar-refractivity contribution in [3.63, 3.8) is 0 Å². The van der Waals surface area contributed by atoms with Crippen molar-refractivity contribution in [2.24, 2.45) is 5.92 Å². The van der Waals surface area contributed by atoms with Crippen molar-refractivity contribution < 1.29 is 4.79 Å². The summed E-state index contributed by atoms with van der Waals surface area (Å²) in [7, 11) is 0. The van der Waals surface area contributed by atoms with E-state index < -0.39 is 5.91 Å². The van der Waals surface area contributed by atoms with Gasteiger partial charge >= 0.3 is 0 Å². The maximum Gasteiger partial charge on any atom is 0.270 e. The number of carbonyl (C=O) groups is 1. The average Bonchev–Trinajstić information content (AvgIpc) is 3.57. The number of amides is 1. The fourth-order valence-corrected chi connectivity index (χ4v) is 5.27. The molecule has 8 heteroatoms. The predicted molar refractivity (Wildman–Crippen MR) is 133 cm³/mol. The van der Waals surface area contributed by atoms with E-state index in [9.17, 15) is 9.59 Å². The summed E-state index contributed by atoms with van der Waals surface area (Å²) in [6.45, 7) is 1.36. The first kappa shape index (κ1) is 22.0. The van der Waals surface area contributed by atoms with Crippen LogP contribution < -0.4 is 16.2 Å². The molecule has 4 aromatic rings. The van der Waals surface area contributed by atoms with E-state index in [0.29, 0.717) is 5.65 Å². The first-order chi connectivity index (χ1) is 17.1. The van der Waals surface area contributed by atoms with Crippen molar-refractivity contribution in [1.82, 2.24) is 29.4 Å². The Morgan fingerprint density at radius 2 is 1.89 bits per heavy atom. The zero-order chi connectivity index (χ0) is 23.8. The molecule has 0 spiro atoms. The number of rotatable bonds is 7. The fraction of sp³-hybridized carbons (Fsp3) is 0.407. The molecule has 0 aliphatic heterocycles. The molecule has 2 N–H and O–H groups in total. The average molecular weight is 471 g/mol. The molecule has 2 aliphatic rings. The number of imidazole rings is 1. The van der Waals surface area contributed by atoms with Crippen molar-refractivity contribution in [3.8, 4) is 0 Å². The van der Waals surface area contributed by atoms with E-state index >= 15 is 0 Å². The van der Waals surface area contributed by atoms with E-state index in [2.05, 4.69) is 38.9 Å². The molecule has 2 fully saturated rings. The maximum absolute atomic E-state index is 12.7. The van der Waals surface area contributed by atoms with Gasteiger partial charge in [-0.25, -0.2) is 9.97 Å². The lowest BCUT2D eigenvalue weighted by Gasteiger charge is -2.25. The van der Waals surface area contributed by atoms with Crippen molar-refractivity contribution in [2.75, 3.05) is 6.54 Å². The lowest BCUT2D eigenvalue weighted by Crippen LogP contribution is -2.34. The second-order valence-corrected chi connectivity index (χ2v) is 9.97. The van der Waals surface area contributed by atoms with Gasteiger partial charge in [0.25, 0.3) is 11.5 Å². The molecule has 35 heavy (non-hydrogen) atoms. The molecule has 0 aromatic carbocycles. The van der Waals surface area contributed by atoms with Crippen LogP contribution in [-0.2, 0) is 12.1 Å². The Hall–Kier alpha value is -3.52. The maximum atomic E-state index is 12.7. The lowest BCUT2D eigenvalue weighted by atomic mass is 9.89. The van der Waals surface area contributed by atoms with Gasteiger partial charge in [-0.15, -0.1) is 0 Å². The molecule has 0 radical (unpaired) electrons. The van der Waals surface area contributed by atoms with E-state index in [1.54, 1.807) is 24.4 Å². The molecule has 0 bridgehead atoms. The zero-order valence-electron chi connectivity index (χ0n) is 19.7. The first-order valence-electron chi connectivity index (χ1n) is 12.6. The van der Waals surface area contributed by atoms with Crippen LogP contribution in [0, 0.1) is 5.92 Å². The number of hydrogen-bond donors (Lipinski definition) is 2. The molecule has 4 heterocycles. The number of carbonyl (C=O) groups excluding carboxylic acids is 1. The fourth-order valence-electron chi connectivity index (χ4n) is 5.27. The molecule has 6 rings (SSSR count). The molecule has 0 saturated heterocycles. The monoisotopic (exact) mass is 470 g/mol. The zero-order valence-corrected chi connectivity index (χ0v) is 19.7. The summed E-state index contributed by atoms with van der Waals surface area (Å²) in [5.74, 6) is 0.414. The highest BCUT2D eigenvalue weighted by Crippen LogP contribution is 2.45. The molecular formula is C27H30N6O2. The van der Waals surface area contributed by atoms with Gasteiger partial charge < -0.3 is 15.0 Å². The minimum absolute atomic E-state index is 0.0973. The number of nitrogens with one attached hydrogen (secondary N) is 2. The Balaban J connectivity index is 1.13. The normalized spacial score (nSPS) is 17.6. The van der Waals surface area contributed by atoms with Crippen molar-refractivity contribution in [3.05, 3.63) is 82.3 Å². The van der Waals surface area contributed by atoms with Crippen LogP contribution in [0.25, 0.3) is 11.3 Å². The summed E-state index contributed by atoms with van der Waals surface area (Å²) < 4.78 is 3.45. The summed E-state index contributed by atoms with van der Waals surface area (Å²) in [6.07, 6.45) is 14.9. The van der Waals surface area contributed by atoms with Gasteiger partial charge in [0, 0.05) is 30.2 Å². The quantitative estimate of drug-likeness (QED) is 0.432. The van der Waals surface area contributed by atoms with Gasteiger partial charge in [-0.05, 0) is 61.9 Å². The number of nitrogens with zero attached hydrogens (tertiary/aromatic N) is 4. The van der Waals surface area contributed by atoms with Gasteiger partial charge in [0.05, 0.1) is 12.2 Å². The number of fused-ring (bicyclic) bond motifs is 2. The highest BCUT2D eigenvalue weighted by Gasteiger charge is 2.44. The summed E-state index contributed by atoms with van der Waals surface area (Å²) in [5.41, 5.74) is 3.27. The van der Waals surface area contributed by atoms with Crippen LogP contribution in [0.4, 0.5) is 0 Å². The van der Waals surface area contributed by atoms with Gasteiger partial charge in [0.1, 0.15) is 17.0 Å². The van der Waals surface area contributed by atoms with E-state index in [1.165, 1.54) is 61.0 Å². The molecule has 2 aliphatic carbocycles. The Labute approximate surface area is 203 Å². The number of aromatic nitrogens is 4.